The summed E-state index contributed by atoms with van der Waals surface area (Å²) < 4.78 is 23.1. The highest BCUT2D eigenvalue weighted by Gasteiger charge is 2.29. The van der Waals surface area contributed by atoms with Crippen LogP contribution in [0.15, 0.2) is 60.7 Å². The number of benzene rings is 3. The molecule has 5 N–H and O–H groups in total. The Balaban J connectivity index is 1.89. The lowest BCUT2D eigenvalue weighted by atomic mass is 9.78. The summed E-state index contributed by atoms with van der Waals surface area (Å²) in [5.74, 6) is -1.15. The van der Waals surface area contributed by atoms with Crippen molar-refractivity contribution < 1.29 is 43.4 Å². The first-order valence-electron chi connectivity index (χ1n) is 16.7. The monoisotopic (exact) mass is 771 g/mol. The van der Waals surface area contributed by atoms with Crippen LogP contribution in [-0.2, 0) is 29.5 Å². The van der Waals surface area contributed by atoms with Crippen molar-refractivity contribution in [2.75, 3.05) is 35.2 Å². The predicted octanol–water partition coefficient (Wildman–Crippen LogP) is 7.51. The van der Waals surface area contributed by atoms with Gasteiger partial charge < -0.3 is 34.5 Å². The normalized spacial score (nSPS) is 12.5. The van der Waals surface area contributed by atoms with E-state index in [1.807, 2.05) is 65.8 Å². The van der Waals surface area contributed by atoms with Crippen molar-refractivity contribution in [1.29, 1.82) is 0 Å². The van der Waals surface area contributed by atoms with Gasteiger partial charge >= 0.3 is 15.2 Å². The molecule has 0 fully saturated rings. The quantitative estimate of drug-likeness (QED) is 0.0955. The Bertz CT molecular complexity index is 1900. The zero-order valence-corrected chi connectivity index (χ0v) is 33.2. The summed E-state index contributed by atoms with van der Waals surface area (Å²) in [7, 11) is -9.13. The van der Waals surface area contributed by atoms with E-state index in [-0.39, 0.29) is 29.7 Å². The summed E-state index contributed by atoms with van der Waals surface area (Å²) in [5, 5.41) is 12.1. The van der Waals surface area contributed by atoms with Crippen molar-refractivity contribution in [3.63, 3.8) is 0 Å². The van der Waals surface area contributed by atoms with Crippen LogP contribution >= 0.6 is 26.5 Å². The second-order valence-electron chi connectivity index (χ2n) is 14.6. The van der Waals surface area contributed by atoms with Crippen molar-refractivity contribution in [3.05, 3.63) is 71.8 Å². The fourth-order valence-corrected chi connectivity index (χ4v) is 7.98. The number of aromatic nitrogens is 1. The molecular formula is C37H47N3O9P2S. The van der Waals surface area contributed by atoms with Gasteiger partial charge in [-0.15, -0.1) is 11.3 Å². The van der Waals surface area contributed by atoms with Crippen molar-refractivity contribution in [3.8, 4) is 38.0 Å². The Morgan fingerprint density at radius 1 is 0.673 bits per heavy atom. The lowest BCUT2D eigenvalue weighted by Crippen LogP contribution is -2.32. The van der Waals surface area contributed by atoms with E-state index < -0.39 is 39.3 Å². The van der Waals surface area contributed by atoms with E-state index in [9.17, 15) is 43.4 Å². The van der Waals surface area contributed by atoms with Gasteiger partial charge in [0.25, 0.3) is 0 Å². The Hall–Kier alpha value is -3.67. The third-order valence-corrected chi connectivity index (χ3v) is 10.9. The lowest BCUT2D eigenvalue weighted by molar-refractivity contribution is -0.117. The van der Waals surface area contributed by atoms with E-state index in [2.05, 4.69) is 0 Å². The molecule has 0 aliphatic rings. The third-order valence-electron chi connectivity index (χ3n) is 8.41. The fourth-order valence-electron chi connectivity index (χ4n) is 5.86. The molecule has 2 amide bonds. The molecule has 0 atom stereocenters. The average Bonchev–Trinajstić information content (AvgIpc) is 3.45. The second-order valence-corrected chi connectivity index (χ2v) is 18.9. The summed E-state index contributed by atoms with van der Waals surface area (Å²) in [6.45, 7) is 16.1. The molecule has 0 bridgehead atoms. The minimum Gasteiger partial charge on any atom is -0.507 e. The van der Waals surface area contributed by atoms with Crippen LogP contribution in [0.1, 0.15) is 66.5 Å². The Kier molecular flexibility index (Phi) is 12.1. The van der Waals surface area contributed by atoms with E-state index in [4.69, 9.17) is 4.98 Å². The second kappa shape index (κ2) is 15.4. The van der Waals surface area contributed by atoms with Gasteiger partial charge in [-0.05, 0) is 66.6 Å². The van der Waals surface area contributed by atoms with E-state index in [1.165, 1.54) is 21.1 Å². The highest BCUT2D eigenvalue weighted by Crippen LogP contribution is 2.46. The molecule has 1 heterocycles. The number of thiazole rings is 1. The van der Waals surface area contributed by atoms with Gasteiger partial charge in [0, 0.05) is 46.7 Å². The number of aromatic hydroxyl groups is 1. The molecule has 0 aliphatic heterocycles. The molecule has 0 saturated heterocycles. The van der Waals surface area contributed by atoms with Gasteiger partial charge in [0.1, 0.15) is 23.1 Å². The molecule has 0 aliphatic carbocycles. The van der Waals surface area contributed by atoms with Crippen LogP contribution in [-0.4, -0.2) is 66.9 Å². The van der Waals surface area contributed by atoms with Gasteiger partial charge in [-0.25, -0.2) is 4.98 Å². The molecule has 0 radical (unpaired) electrons. The van der Waals surface area contributed by atoms with Crippen LogP contribution in [0.4, 0.5) is 11.4 Å². The van der Waals surface area contributed by atoms with E-state index >= 15 is 0 Å². The van der Waals surface area contributed by atoms with Crippen LogP contribution in [0.25, 0.3) is 32.3 Å². The number of hydrogen-bond acceptors (Lipinski definition) is 7. The van der Waals surface area contributed by atoms with Crippen molar-refractivity contribution in [2.24, 2.45) is 0 Å². The van der Waals surface area contributed by atoms with E-state index in [0.717, 1.165) is 27.1 Å². The minimum absolute atomic E-state index is 0.204. The SMILES string of the molecule is CCN(C(=O)CP(=O)(O)O)c1ccc(-c2nc(-c3cc(C(C)(C)C)c(O)c(C(C)(C)C)c3)sc2-c2ccc(N(CC)C(=O)CP(=O)(O)O)cc2)cc1. The number of carbonyl (C=O) groups is 2. The Morgan fingerprint density at radius 2 is 1.06 bits per heavy atom. The number of amides is 2. The number of hydrogen-bond donors (Lipinski definition) is 5. The number of phenolic OH excluding ortho intramolecular Hbond substituents is 1. The van der Waals surface area contributed by atoms with Crippen molar-refractivity contribution in [2.45, 2.75) is 66.2 Å². The van der Waals surface area contributed by atoms with Gasteiger partial charge in [0.15, 0.2) is 0 Å². The van der Waals surface area contributed by atoms with E-state index in [1.54, 1.807) is 50.2 Å². The number of phenols is 1. The van der Waals surface area contributed by atoms with Crippen molar-refractivity contribution in [1.82, 2.24) is 4.98 Å². The standard InChI is InChI=1S/C37H47N3O9P2S/c1-9-39(30(41)21-50(44,45)46)26-15-11-23(12-16-26)32-34(24-13-17-27(18-14-24)40(10-2)31(42)22-51(47,48)49)52-35(38-32)25-19-28(36(3,4)5)33(43)29(20-25)37(6,7)8/h11-20,43H,9-10,21-22H2,1-8H3,(H2,44,45,46)(H2,47,48,49). The summed E-state index contributed by atoms with van der Waals surface area (Å²) in [6, 6.07) is 17.9. The molecule has 3 aromatic carbocycles. The first-order chi connectivity index (χ1) is 23.9. The van der Waals surface area contributed by atoms with Gasteiger partial charge in [-0.1, -0.05) is 65.8 Å². The molecule has 1 aromatic heterocycles. The number of carbonyl (C=O) groups excluding carboxylic acids is 2. The summed E-state index contributed by atoms with van der Waals surface area (Å²) in [6.07, 6.45) is -1.81. The van der Waals surface area contributed by atoms with Gasteiger partial charge in [0.2, 0.25) is 11.8 Å². The molecule has 0 unspecified atom stereocenters. The largest absolute Gasteiger partial charge is 0.507 e. The highest BCUT2D eigenvalue weighted by atomic mass is 32.1. The first kappa shape index (κ1) is 41.1. The van der Waals surface area contributed by atoms with Gasteiger partial charge in [-0.3, -0.25) is 18.7 Å². The summed E-state index contributed by atoms with van der Waals surface area (Å²) >= 11 is 1.44. The van der Waals surface area contributed by atoms with Crippen LogP contribution in [0, 0.1) is 0 Å². The van der Waals surface area contributed by atoms with Crippen LogP contribution in [0.3, 0.4) is 0 Å². The number of nitrogens with zero attached hydrogens (tertiary/aromatic N) is 3. The van der Waals surface area contributed by atoms with Crippen LogP contribution in [0.5, 0.6) is 5.75 Å². The zero-order chi connectivity index (χ0) is 39.0. The molecule has 280 valence electrons. The maximum absolute atomic E-state index is 12.7. The van der Waals surface area contributed by atoms with Gasteiger partial charge in [0.05, 0.1) is 10.6 Å². The molecule has 4 aromatic rings. The lowest BCUT2D eigenvalue weighted by Gasteiger charge is -2.28. The first-order valence-corrected chi connectivity index (χ1v) is 21.1. The van der Waals surface area contributed by atoms with Gasteiger partial charge in [-0.2, -0.15) is 0 Å². The molecule has 4 rings (SSSR count). The van der Waals surface area contributed by atoms with Crippen LogP contribution in [0.2, 0.25) is 0 Å². The van der Waals surface area contributed by atoms with Crippen LogP contribution < -0.4 is 9.80 Å². The zero-order valence-electron chi connectivity index (χ0n) is 30.6. The third kappa shape index (κ3) is 9.85. The maximum atomic E-state index is 12.7. The number of anilines is 2. The highest BCUT2D eigenvalue weighted by molar-refractivity contribution is 7.53. The minimum atomic E-state index is -4.56. The molecular weight excluding hydrogens is 724 g/mol. The molecule has 52 heavy (non-hydrogen) atoms. The molecule has 0 spiro atoms. The fraction of sp³-hybridized carbons (Fsp3) is 0.378. The summed E-state index contributed by atoms with van der Waals surface area (Å²) in [4.78, 5) is 71.4. The smallest absolute Gasteiger partial charge is 0.334 e. The Labute approximate surface area is 308 Å². The molecule has 12 nitrogen and oxygen atoms in total. The van der Waals surface area contributed by atoms with Crippen molar-refractivity contribution >= 4 is 49.7 Å². The molecule has 0 saturated carbocycles. The van der Waals surface area contributed by atoms with E-state index in [0.29, 0.717) is 27.6 Å². The maximum Gasteiger partial charge on any atom is 0.334 e. The summed E-state index contributed by atoms with van der Waals surface area (Å²) in [5.41, 5.74) is 4.66. The predicted molar refractivity (Wildman–Crippen MR) is 207 cm³/mol. The number of rotatable bonds is 11. The average molecular weight is 772 g/mol. The topological polar surface area (TPSA) is 189 Å². The Morgan fingerprint density at radius 3 is 1.40 bits per heavy atom. The molecule has 15 heteroatoms.